The summed E-state index contributed by atoms with van der Waals surface area (Å²) in [6.07, 6.45) is 0.721. The second kappa shape index (κ2) is 4.83. The van der Waals surface area contributed by atoms with Gasteiger partial charge in [0, 0.05) is 4.91 Å². The molecule has 0 bridgehead atoms. The van der Waals surface area contributed by atoms with Crippen molar-refractivity contribution in [1.82, 2.24) is 0 Å². The van der Waals surface area contributed by atoms with Crippen LogP contribution in [0.4, 0.5) is 0 Å². The van der Waals surface area contributed by atoms with Crippen LogP contribution in [0.1, 0.15) is 19.3 Å². The molecule has 0 heterocycles. The molecule has 1 aliphatic carbocycles. The molecule has 1 N–H and O–H groups in total. The third-order valence-electron chi connectivity index (χ3n) is 2.52. The molecule has 0 spiro atoms. The third-order valence-corrected chi connectivity index (χ3v) is 2.52. The lowest BCUT2D eigenvalue weighted by Gasteiger charge is -2.28. The van der Waals surface area contributed by atoms with Gasteiger partial charge in [0.1, 0.15) is 0 Å². The summed E-state index contributed by atoms with van der Waals surface area (Å²) in [4.78, 5) is 13.8. The molecule has 0 saturated heterocycles. The second-order valence-electron chi connectivity index (χ2n) is 3.37. The Bertz CT molecular complexity index is 263. The SMILES string of the molecule is COC(=O)[C@@H]1CC[C@@H](N=[N+]=[N-])[C@H](O)C1. The summed E-state index contributed by atoms with van der Waals surface area (Å²) in [5.41, 5.74) is 8.21. The maximum Gasteiger partial charge on any atom is 0.308 e. The van der Waals surface area contributed by atoms with Crippen LogP contribution < -0.4 is 0 Å². The summed E-state index contributed by atoms with van der Waals surface area (Å²) >= 11 is 0. The van der Waals surface area contributed by atoms with Crippen molar-refractivity contribution >= 4 is 5.97 Å². The van der Waals surface area contributed by atoms with Crippen LogP contribution in [0.15, 0.2) is 5.11 Å². The number of rotatable bonds is 2. The molecule has 78 valence electrons. The Kier molecular flexibility index (Phi) is 3.73. The molecule has 1 aliphatic rings. The number of ether oxygens (including phenoxy) is 1. The molecule has 0 amide bonds. The summed E-state index contributed by atoms with van der Waals surface area (Å²) in [7, 11) is 1.33. The number of esters is 1. The molecule has 0 unspecified atom stereocenters. The lowest BCUT2D eigenvalue weighted by Crippen LogP contribution is -2.35. The predicted octanol–water partition coefficient (Wildman–Crippen LogP) is 0.999. The van der Waals surface area contributed by atoms with Crippen LogP contribution in [0.2, 0.25) is 0 Å². The predicted molar refractivity (Wildman–Crippen MR) is 48.3 cm³/mol. The van der Waals surface area contributed by atoms with Gasteiger partial charge >= 0.3 is 5.97 Å². The zero-order valence-corrected chi connectivity index (χ0v) is 7.96. The fourth-order valence-corrected chi connectivity index (χ4v) is 1.71. The first-order chi connectivity index (χ1) is 6.69. The molecular weight excluding hydrogens is 186 g/mol. The molecule has 0 aliphatic heterocycles. The maximum atomic E-state index is 11.1. The number of hydrogen-bond acceptors (Lipinski definition) is 4. The van der Waals surface area contributed by atoms with E-state index >= 15 is 0 Å². The highest BCUT2D eigenvalue weighted by Crippen LogP contribution is 2.27. The van der Waals surface area contributed by atoms with Gasteiger partial charge in [-0.1, -0.05) is 5.11 Å². The van der Waals surface area contributed by atoms with Crippen LogP contribution in [-0.2, 0) is 9.53 Å². The van der Waals surface area contributed by atoms with Crippen molar-refractivity contribution in [3.8, 4) is 0 Å². The van der Waals surface area contributed by atoms with Crippen LogP contribution >= 0.6 is 0 Å². The van der Waals surface area contributed by atoms with Crippen LogP contribution in [0.5, 0.6) is 0 Å². The van der Waals surface area contributed by atoms with E-state index in [4.69, 9.17) is 5.53 Å². The van der Waals surface area contributed by atoms with Crippen molar-refractivity contribution in [2.24, 2.45) is 11.0 Å². The number of methoxy groups -OCH3 is 1. The number of azide groups is 1. The van der Waals surface area contributed by atoms with Crippen molar-refractivity contribution < 1.29 is 14.6 Å². The first-order valence-corrected chi connectivity index (χ1v) is 4.49. The number of aliphatic hydroxyl groups is 1. The number of hydrogen-bond donors (Lipinski definition) is 1. The monoisotopic (exact) mass is 199 g/mol. The van der Waals surface area contributed by atoms with Crippen LogP contribution in [0.25, 0.3) is 10.4 Å². The standard InChI is InChI=1S/C8H13N3O3/c1-14-8(13)5-2-3-6(10-11-9)7(12)4-5/h5-7,12H,2-4H2,1H3/t5-,6-,7-/m1/s1. The van der Waals surface area contributed by atoms with Crippen molar-refractivity contribution in [3.63, 3.8) is 0 Å². The summed E-state index contributed by atoms with van der Waals surface area (Å²) < 4.78 is 4.58. The van der Waals surface area contributed by atoms with E-state index in [9.17, 15) is 9.90 Å². The number of nitrogens with zero attached hydrogens (tertiary/aromatic N) is 3. The number of carbonyl (C=O) groups excluding carboxylic acids is 1. The van der Waals surface area contributed by atoms with E-state index in [1.807, 2.05) is 0 Å². The van der Waals surface area contributed by atoms with E-state index in [0.717, 1.165) is 0 Å². The normalized spacial score (nSPS) is 31.7. The Labute approximate surface area is 81.5 Å². The minimum atomic E-state index is -0.733. The van der Waals surface area contributed by atoms with E-state index < -0.39 is 12.1 Å². The Hall–Kier alpha value is -1.26. The maximum absolute atomic E-state index is 11.1. The van der Waals surface area contributed by atoms with E-state index in [1.165, 1.54) is 7.11 Å². The van der Waals surface area contributed by atoms with Gasteiger partial charge in [-0.25, -0.2) is 0 Å². The average molecular weight is 199 g/mol. The zero-order valence-electron chi connectivity index (χ0n) is 7.96. The van der Waals surface area contributed by atoms with Gasteiger partial charge in [-0.2, -0.15) is 0 Å². The molecule has 3 atom stereocenters. The number of aliphatic hydroxyl groups excluding tert-OH is 1. The van der Waals surface area contributed by atoms with Crippen molar-refractivity contribution in [2.45, 2.75) is 31.4 Å². The fraction of sp³-hybridized carbons (Fsp3) is 0.875. The van der Waals surface area contributed by atoms with Gasteiger partial charge in [0.15, 0.2) is 0 Å². The minimum absolute atomic E-state index is 0.264. The van der Waals surface area contributed by atoms with E-state index in [2.05, 4.69) is 14.8 Å². The van der Waals surface area contributed by atoms with Crippen LogP contribution in [0, 0.1) is 5.92 Å². The molecule has 1 saturated carbocycles. The molecule has 0 radical (unpaired) electrons. The first kappa shape index (κ1) is 10.8. The van der Waals surface area contributed by atoms with Crippen molar-refractivity contribution in [1.29, 1.82) is 0 Å². The molecule has 6 nitrogen and oxygen atoms in total. The van der Waals surface area contributed by atoms with Gasteiger partial charge in [0.2, 0.25) is 0 Å². The number of carbonyl (C=O) groups is 1. The molecular formula is C8H13N3O3. The fourth-order valence-electron chi connectivity index (χ4n) is 1.71. The molecule has 6 heteroatoms. The van der Waals surface area contributed by atoms with Gasteiger partial charge in [-0.05, 0) is 24.8 Å². The molecule has 1 rings (SSSR count). The molecule has 0 aromatic heterocycles. The van der Waals surface area contributed by atoms with E-state index in [1.54, 1.807) is 0 Å². The smallest absolute Gasteiger partial charge is 0.308 e. The summed E-state index contributed by atoms with van der Waals surface area (Å²) in [6, 6.07) is -0.402. The van der Waals surface area contributed by atoms with E-state index in [-0.39, 0.29) is 11.9 Å². The highest BCUT2D eigenvalue weighted by molar-refractivity contribution is 5.72. The third kappa shape index (κ3) is 2.37. The van der Waals surface area contributed by atoms with Crippen LogP contribution in [0.3, 0.4) is 0 Å². The van der Waals surface area contributed by atoms with Gasteiger partial charge in [-0.15, -0.1) is 0 Å². The highest BCUT2D eigenvalue weighted by atomic mass is 16.5. The van der Waals surface area contributed by atoms with Gasteiger partial charge in [0.05, 0.1) is 25.2 Å². The first-order valence-electron chi connectivity index (χ1n) is 4.49. The zero-order chi connectivity index (χ0) is 10.6. The molecule has 0 aromatic rings. The van der Waals surface area contributed by atoms with Gasteiger partial charge in [0.25, 0.3) is 0 Å². The largest absolute Gasteiger partial charge is 0.469 e. The van der Waals surface area contributed by atoms with Gasteiger partial charge < -0.3 is 9.84 Å². The molecule has 14 heavy (non-hydrogen) atoms. The topological polar surface area (TPSA) is 95.3 Å². The Morgan fingerprint density at radius 1 is 1.64 bits per heavy atom. The Balaban J connectivity index is 2.54. The van der Waals surface area contributed by atoms with Crippen LogP contribution in [-0.4, -0.2) is 30.3 Å². The lowest BCUT2D eigenvalue weighted by atomic mass is 9.84. The summed E-state index contributed by atoms with van der Waals surface area (Å²) in [5, 5.41) is 13.0. The van der Waals surface area contributed by atoms with Gasteiger partial charge in [-0.3, -0.25) is 4.79 Å². The van der Waals surface area contributed by atoms with E-state index in [0.29, 0.717) is 19.3 Å². The Morgan fingerprint density at radius 3 is 2.86 bits per heavy atom. The van der Waals surface area contributed by atoms with Crippen molar-refractivity contribution in [2.75, 3.05) is 7.11 Å². The minimum Gasteiger partial charge on any atom is -0.469 e. The average Bonchev–Trinajstić information content (AvgIpc) is 2.20. The second-order valence-corrected chi connectivity index (χ2v) is 3.37. The summed E-state index contributed by atoms with van der Waals surface area (Å²) in [6.45, 7) is 0. The Morgan fingerprint density at radius 2 is 2.36 bits per heavy atom. The van der Waals surface area contributed by atoms with Crippen molar-refractivity contribution in [3.05, 3.63) is 10.4 Å². The molecule has 0 aromatic carbocycles. The molecule has 1 fully saturated rings. The highest BCUT2D eigenvalue weighted by Gasteiger charge is 2.32. The lowest BCUT2D eigenvalue weighted by molar-refractivity contribution is -0.148. The summed E-state index contributed by atoms with van der Waals surface area (Å²) in [5.74, 6) is -0.566. The quantitative estimate of drug-likeness (QED) is 0.311.